The van der Waals surface area contributed by atoms with Gasteiger partial charge in [-0.2, -0.15) is 0 Å². The van der Waals surface area contributed by atoms with Crippen molar-refractivity contribution in [3.8, 4) is 11.5 Å². The van der Waals surface area contributed by atoms with Crippen LogP contribution in [0, 0.1) is 5.41 Å². The maximum atomic E-state index is 8.11. The van der Waals surface area contributed by atoms with E-state index in [9.17, 15) is 0 Å². The highest BCUT2D eigenvalue weighted by Gasteiger charge is 2.04. The molecule has 1 aromatic rings. The number of hydrogen-bond donors (Lipinski definition) is 2. The summed E-state index contributed by atoms with van der Waals surface area (Å²) in [6, 6.07) is 4.98. The summed E-state index contributed by atoms with van der Waals surface area (Å²) in [6.07, 6.45) is 0.814. The van der Waals surface area contributed by atoms with E-state index in [1.165, 1.54) is 0 Å². The molecule has 0 aromatic heterocycles. The van der Waals surface area contributed by atoms with Crippen LogP contribution < -0.4 is 15.2 Å². The minimum absolute atomic E-state index is 0.114. The molecule has 0 atom stereocenters. The Morgan fingerprint density at radius 3 is 3.00 bits per heavy atom. The first-order valence-electron chi connectivity index (χ1n) is 4.44. The van der Waals surface area contributed by atoms with Gasteiger partial charge in [-0.05, 0) is 11.6 Å². The minimum Gasteiger partial charge on any atom is -0.487 e. The van der Waals surface area contributed by atoms with E-state index in [0.717, 1.165) is 12.0 Å². The van der Waals surface area contributed by atoms with Gasteiger partial charge in [0.2, 0.25) is 0 Å². The molecule has 0 unspecified atom stereocenters. The van der Waals surface area contributed by atoms with Crippen molar-refractivity contribution in [1.82, 2.24) is 0 Å². The fourth-order valence-electron chi connectivity index (χ4n) is 1.10. The van der Waals surface area contributed by atoms with Crippen LogP contribution in [0.5, 0.6) is 11.5 Å². The fraction of sp³-hybridized carbons (Fsp3) is 0.222. The maximum Gasteiger partial charge on any atom is 0.173 e. The topological polar surface area (TPSA) is 117 Å². The molecule has 1 rings (SSSR count). The van der Waals surface area contributed by atoms with E-state index >= 15 is 0 Å². The highest BCUT2D eigenvalue weighted by atomic mass is 16.5. The summed E-state index contributed by atoms with van der Waals surface area (Å²) in [4.78, 5) is 2.57. The third kappa shape index (κ3) is 3.16. The zero-order chi connectivity index (χ0) is 11.8. The Kier molecular flexibility index (Phi) is 4.65. The van der Waals surface area contributed by atoms with Crippen LogP contribution in [-0.4, -0.2) is 13.1 Å². The van der Waals surface area contributed by atoms with Gasteiger partial charge in [-0.1, -0.05) is 11.2 Å². The number of benzene rings is 1. The number of nitrogens with zero attached hydrogens (tertiary/aromatic N) is 3. The molecule has 0 aliphatic rings. The highest BCUT2D eigenvalue weighted by Crippen LogP contribution is 2.24. The van der Waals surface area contributed by atoms with E-state index in [2.05, 4.69) is 10.0 Å². The van der Waals surface area contributed by atoms with Crippen LogP contribution in [0.15, 0.2) is 23.3 Å². The summed E-state index contributed by atoms with van der Waals surface area (Å²) in [6.45, 7) is 0.189. The van der Waals surface area contributed by atoms with Crippen LogP contribution in [0.2, 0.25) is 0 Å². The number of nitrogens with two attached hydrogens (primary N) is 1. The van der Waals surface area contributed by atoms with Crippen molar-refractivity contribution in [1.29, 1.82) is 5.41 Å². The molecule has 0 saturated carbocycles. The van der Waals surface area contributed by atoms with E-state index < -0.39 is 0 Å². The van der Waals surface area contributed by atoms with Crippen LogP contribution in [0.1, 0.15) is 5.56 Å². The van der Waals surface area contributed by atoms with Crippen LogP contribution in [0.25, 0.3) is 10.4 Å². The van der Waals surface area contributed by atoms with Crippen molar-refractivity contribution in [3.63, 3.8) is 0 Å². The summed E-state index contributed by atoms with van der Waals surface area (Å²) < 4.78 is 10.1. The quantitative estimate of drug-likeness (QED) is 0.250. The molecule has 0 fully saturated rings. The first-order chi connectivity index (χ1) is 7.81. The van der Waals surface area contributed by atoms with Crippen molar-refractivity contribution in [2.75, 3.05) is 6.73 Å². The molecule has 7 nitrogen and oxygen atoms in total. The van der Waals surface area contributed by atoms with Crippen molar-refractivity contribution in [2.24, 2.45) is 10.8 Å². The van der Waals surface area contributed by atoms with Gasteiger partial charge in [0.05, 0.1) is 0 Å². The molecular weight excluding hydrogens is 210 g/mol. The Morgan fingerprint density at radius 1 is 1.56 bits per heavy atom. The summed E-state index contributed by atoms with van der Waals surface area (Å²) >= 11 is 0. The SMILES string of the molecule is [N-]=[N+]=NCOc1cc(OC=N)ccc1CN. The minimum atomic E-state index is -0.114. The average molecular weight is 221 g/mol. The maximum absolute atomic E-state index is 8.11. The third-order valence-corrected chi connectivity index (χ3v) is 1.79. The van der Waals surface area contributed by atoms with Crippen LogP contribution in [0.4, 0.5) is 0 Å². The number of hydrogen-bond acceptors (Lipinski definition) is 5. The van der Waals surface area contributed by atoms with Gasteiger partial charge in [-0.3, -0.25) is 5.41 Å². The lowest BCUT2D eigenvalue weighted by atomic mass is 10.2. The van der Waals surface area contributed by atoms with Crippen molar-refractivity contribution in [2.45, 2.75) is 6.54 Å². The van der Waals surface area contributed by atoms with E-state index in [0.29, 0.717) is 18.0 Å². The second-order valence-corrected chi connectivity index (χ2v) is 2.71. The van der Waals surface area contributed by atoms with Gasteiger partial charge >= 0.3 is 0 Å². The molecule has 0 spiro atoms. The fourth-order valence-corrected chi connectivity index (χ4v) is 1.10. The van der Waals surface area contributed by atoms with E-state index in [-0.39, 0.29) is 6.73 Å². The summed E-state index contributed by atoms with van der Waals surface area (Å²) in [5, 5.41) is 10.0. The van der Waals surface area contributed by atoms with Gasteiger partial charge in [0.1, 0.15) is 11.5 Å². The van der Waals surface area contributed by atoms with E-state index in [1.807, 2.05) is 0 Å². The van der Waals surface area contributed by atoms with Gasteiger partial charge in [-0.25, -0.2) is 0 Å². The first-order valence-corrected chi connectivity index (χ1v) is 4.44. The lowest BCUT2D eigenvalue weighted by Crippen LogP contribution is -2.02. The van der Waals surface area contributed by atoms with E-state index in [4.69, 9.17) is 26.1 Å². The molecule has 0 aliphatic heterocycles. The van der Waals surface area contributed by atoms with Crippen LogP contribution in [0.3, 0.4) is 0 Å². The molecule has 0 amide bonds. The lowest BCUT2D eigenvalue weighted by Gasteiger charge is -2.09. The van der Waals surface area contributed by atoms with E-state index in [1.54, 1.807) is 18.2 Å². The second kappa shape index (κ2) is 6.28. The molecule has 7 heteroatoms. The van der Waals surface area contributed by atoms with Gasteiger partial charge in [0, 0.05) is 23.1 Å². The molecule has 84 valence electrons. The second-order valence-electron chi connectivity index (χ2n) is 2.71. The molecule has 1 aromatic carbocycles. The Balaban J connectivity index is 2.87. The van der Waals surface area contributed by atoms with Crippen LogP contribution >= 0.6 is 0 Å². The number of ether oxygens (including phenoxy) is 2. The summed E-state index contributed by atoms with van der Waals surface area (Å²) in [5.41, 5.74) is 14.4. The number of nitrogens with one attached hydrogen (secondary N) is 1. The molecule has 0 radical (unpaired) electrons. The molecule has 0 bridgehead atoms. The first kappa shape index (κ1) is 11.8. The third-order valence-electron chi connectivity index (χ3n) is 1.79. The standard InChI is InChI=1S/C9H11N5O2/c10-4-7-1-2-8(15-5-11)3-9(7)16-6-13-14-12/h1-3,5,11H,4,6,10H2. The van der Waals surface area contributed by atoms with Crippen LogP contribution in [-0.2, 0) is 6.54 Å². The molecule has 0 saturated heterocycles. The number of rotatable bonds is 6. The molecule has 3 N–H and O–H groups in total. The molecular formula is C9H11N5O2. The highest BCUT2D eigenvalue weighted by molar-refractivity contribution is 5.50. The smallest absolute Gasteiger partial charge is 0.173 e. The van der Waals surface area contributed by atoms with Gasteiger partial charge in [0.25, 0.3) is 0 Å². The largest absolute Gasteiger partial charge is 0.487 e. The van der Waals surface area contributed by atoms with Crippen molar-refractivity contribution < 1.29 is 9.47 Å². The predicted octanol–water partition coefficient (Wildman–Crippen LogP) is 1.78. The Bertz CT molecular complexity index is 414. The van der Waals surface area contributed by atoms with Gasteiger partial charge in [0.15, 0.2) is 13.1 Å². The zero-order valence-corrected chi connectivity index (χ0v) is 8.46. The Hall–Kier alpha value is -2.24. The van der Waals surface area contributed by atoms with Crippen molar-refractivity contribution in [3.05, 3.63) is 34.2 Å². The summed E-state index contributed by atoms with van der Waals surface area (Å²) in [7, 11) is 0. The summed E-state index contributed by atoms with van der Waals surface area (Å²) in [5.74, 6) is 0.942. The molecule has 0 heterocycles. The average Bonchev–Trinajstić information content (AvgIpc) is 2.30. The molecule has 16 heavy (non-hydrogen) atoms. The Morgan fingerprint density at radius 2 is 2.38 bits per heavy atom. The number of azide groups is 1. The Labute approximate surface area is 91.9 Å². The predicted molar refractivity (Wildman–Crippen MR) is 58.4 cm³/mol. The van der Waals surface area contributed by atoms with Crippen molar-refractivity contribution >= 4 is 6.40 Å². The van der Waals surface area contributed by atoms with Gasteiger partial charge in [-0.15, -0.1) is 0 Å². The lowest BCUT2D eigenvalue weighted by molar-refractivity contribution is 0.324. The van der Waals surface area contributed by atoms with Gasteiger partial charge < -0.3 is 15.2 Å². The zero-order valence-electron chi connectivity index (χ0n) is 8.46. The molecule has 0 aliphatic carbocycles. The monoisotopic (exact) mass is 221 g/mol. The normalized spacial score (nSPS) is 9.06.